The number of H-pyrrole nitrogens is 1. The van der Waals surface area contributed by atoms with E-state index < -0.39 is 10.1 Å². The molecule has 104 valence electrons. The molecule has 0 spiro atoms. The van der Waals surface area contributed by atoms with E-state index in [1.54, 1.807) is 18.2 Å². The fourth-order valence-electron chi connectivity index (χ4n) is 1.79. The van der Waals surface area contributed by atoms with Crippen LogP contribution in [0.25, 0.3) is 11.0 Å². The summed E-state index contributed by atoms with van der Waals surface area (Å²) in [7, 11) is -3.44. The molecule has 0 bridgehead atoms. The molecular weight excluding hydrogens is 292 g/mol. The standard InChI is InChI=1S/C11H13ClN2O4S/c1-19(16,17)18-6-2-5-14-10-4-3-8(12)7-9(10)13-11(14)15/h3-4,7H,2,5-6H2,1H3,(H,13,15). The Bertz CT molecular complexity index is 748. The molecule has 1 N–H and O–H groups in total. The van der Waals surface area contributed by atoms with E-state index in [9.17, 15) is 13.2 Å². The Morgan fingerprint density at radius 2 is 2.16 bits per heavy atom. The average molecular weight is 305 g/mol. The molecule has 0 radical (unpaired) electrons. The summed E-state index contributed by atoms with van der Waals surface area (Å²) in [6.07, 6.45) is 1.41. The fraction of sp³-hybridized carbons (Fsp3) is 0.364. The van der Waals surface area contributed by atoms with Crippen LogP contribution in [0.1, 0.15) is 6.42 Å². The molecule has 0 saturated carbocycles. The maximum atomic E-state index is 11.7. The van der Waals surface area contributed by atoms with Gasteiger partial charge >= 0.3 is 5.69 Å². The van der Waals surface area contributed by atoms with Gasteiger partial charge in [0.1, 0.15) is 0 Å². The van der Waals surface area contributed by atoms with Crippen molar-refractivity contribution in [2.24, 2.45) is 0 Å². The maximum Gasteiger partial charge on any atom is 0.326 e. The van der Waals surface area contributed by atoms with Crippen LogP contribution < -0.4 is 5.69 Å². The third-order valence-corrected chi connectivity index (χ3v) is 3.39. The molecular formula is C11H13ClN2O4S. The highest BCUT2D eigenvalue weighted by atomic mass is 35.5. The van der Waals surface area contributed by atoms with Crippen molar-refractivity contribution in [2.75, 3.05) is 12.9 Å². The van der Waals surface area contributed by atoms with Crippen molar-refractivity contribution in [1.82, 2.24) is 9.55 Å². The zero-order chi connectivity index (χ0) is 14.0. The van der Waals surface area contributed by atoms with Crippen molar-refractivity contribution in [1.29, 1.82) is 0 Å². The summed E-state index contributed by atoms with van der Waals surface area (Å²) in [6.45, 7) is 0.418. The van der Waals surface area contributed by atoms with Crippen molar-refractivity contribution in [3.8, 4) is 0 Å². The molecule has 0 unspecified atom stereocenters. The Hall–Kier alpha value is -1.31. The monoisotopic (exact) mass is 304 g/mol. The number of imidazole rings is 1. The summed E-state index contributed by atoms with van der Waals surface area (Å²) in [5, 5.41) is 0.543. The number of fused-ring (bicyclic) bond motifs is 1. The third kappa shape index (κ3) is 3.59. The number of benzene rings is 1. The van der Waals surface area contributed by atoms with Crippen LogP contribution in [0.4, 0.5) is 0 Å². The topological polar surface area (TPSA) is 81.2 Å². The number of halogens is 1. The quantitative estimate of drug-likeness (QED) is 0.668. The minimum absolute atomic E-state index is 0.0472. The van der Waals surface area contributed by atoms with Crippen molar-refractivity contribution in [2.45, 2.75) is 13.0 Å². The first-order valence-electron chi connectivity index (χ1n) is 5.59. The predicted molar refractivity (Wildman–Crippen MR) is 73.0 cm³/mol. The SMILES string of the molecule is CS(=O)(=O)OCCCn1c(=O)[nH]c2cc(Cl)ccc21. The lowest BCUT2D eigenvalue weighted by Gasteiger charge is -2.03. The summed E-state index contributed by atoms with van der Waals surface area (Å²) in [6, 6.07) is 5.11. The second kappa shape index (κ2) is 5.36. The summed E-state index contributed by atoms with van der Waals surface area (Å²) in [4.78, 5) is 14.4. The van der Waals surface area contributed by atoms with Gasteiger partial charge in [-0.2, -0.15) is 8.42 Å². The number of rotatable bonds is 5. The molecule has 1 aromatic carbocycles. The third-order valence-electron chi connectivity index (χ3n) is 2.56. The first kappa shape index (κ1) is 14.1. The number of nitrogens with one attached hydrogen (secondary N) is 1. The van der Waals surface area contributed by atoms with Gasteiger partial charge in [0.2, 0.25) is 0 Å². The number of hydrogen-bond donors (Lipinski definition) is 1. The van der Waals surface area contributed by atoms with Crippen LogP contribution in [0.5, 0.6) is 0 Å². The summed E-state index contributed by atoms with van der Waals surface area (Å²) in [5.74, 6) is 0. The molecule has 0 fully saturated rings. The van der Waals surface area contributed by atoms with Gasteiger partial charge in [0, 0.05) is 11.6 Å². The van der Waals surface area contributed by atoms with Gasteiger partial charge in [-0.05, 0) is 24.6 Å². The Balaban J connectivity index is 2.13. The molecule has 1 aromatic heterocycles. The van der Waals surface area contributed by atoms with E-state index in [1.807, 2.05) is 0 Å². The molecule has 0 saturated heterocycles. The van der Waals surface area contributed by atoms with E-state index in [0.717, 1.165) is 11.8 Å². The number of aryl methyl sites for hydroxylation is 1. The second-order valence-electron chi connectivity index (χ2n) is 4.12. The Labute approximate surface area is 115 Å². The van der Waals surface area contributed by atoms with Crippen molar-refractivity contribution < 1.29 is 12.6 Å². The van der Waals surface area contributed by atoms with Crippen LogP contribution in [-0.2, 0) is 20.8 Å². The average Bonchev–Trinajstić information content (AvgIpc) is 2.58. The highest BCUT2D eigenvalue weighted by Gasteiger charge is 2.07. The molecule has 0 aliphatic heterocycles. The maximum absolute atomic E-state index is 11.7. The van der Waals surface area contributed by atoms with Crippen LogP contribution in [0.3, 0.4) is 0 Å². The summed E-state index contributed by atoms with van der Waals surface area (Å²) < 4.78 is 27.7. The van der Waals surface area contributed by atoms with Crippen LogP contribution in [0, 0.1) is 0 Å². The number of hydrogen-bond acceptors (Lipinski definition) is 4. The van der Waals surface area contributed by atoms with Crippen LogP contribution >= 0.6 is 11.6 Å². The van der Waals surface area contributed by atoms with E-state index in [1.165, 1.54) is 4.57 Å². The molecule has 0 aliphatic rings. The molecule has 1 heterocycles. The van der Waals surface area contributed by atoms with Gasteiger partial charge in [-0.25, -0.2) is 4.79 Å². The molecule has 2 rings (SSSR count). The molecule has 2 aromatic rings. The van der Waals surface area contributed by atoms with Gasteiger partial charge in [-0.1, -0.05) is 11.6 Å². The largest absolute Gasteiger partial charge is 0.326 e. The first-order valence-corrected chi connectivity index (χ1v) is 7.79. The highest BCUT2D eigenvalue weighted by molar-refractivity contribution is 7.85. The lowest BCUT2D eigenvalue weighted by Crippen LogP contribution is -2.18. The number of aromatic amines is 1. The van der Waals surface area contributed by atoms with Crippen LogP contribution in [0.2, 0.25) is 5.02 Å². The first-order chi connectivity index (χ1) is 8.87. The van der Waals surface area contributed by atoms with Crippen LogP contribution in [-0.4, -0.2) is 30.8 Å². The highest BCUT2D eigenvalue weighted by Crippen LogP contribution is 2.16. The molecule has 0 amide bonds. The Kier molecular flexibility index (Phi) is 3.98. The Morgan fingerprint density at radius 3 is 2.84 bits per heavy atom. The van der Waals surface area contributed by atoms with Crippen molar-refractivity contribution in [3.05, 3.63) is 33.7 Å². The van der Waals surface area contributed by atoms with Crippen LogP contribution in [0.15, 0.2) is 23.0 Å². The zero-order valence-electron chi connectivity index (χ0n) is 10.2. The molecule has 0 atom stereocenters. The molecule has 0 aliphatic carbocycles. The summed E-state index contributed by atoms with van der Waals surface area (Å²) in [5.41, 5.74) is 1.13. The van der Waals surface area contributed by atoms with Gasteiger partial charge in [0.15, 0.2) is 0 Å². The minimum Gasteiger partial charge on any atom is -0.305 e. The van der Waals surface area contributed by atoms with E-state index >= 15 is 0 Å². The van der Waals surface area contributed by atoms with E-state index in [4.69, 9.17) is 11.6 Å². The van der Waals surface area contributed by atoms with Crippen molar-refractivity contribution >= 4 is 32.8 Å². The summed E-state index contributed by atoms with van der Waals surface area (Å²) >= 11 is 5.84. The van der Waals surface area contributed by atoms with E-state index in [0.29, 0.717) is 23.5 Å². The normalized spacial score (nSPS) is 12.1. The molecule has 19 heavy (non-hydrogen) atoms. The van der Waals surface area contributed by atoms with Gasteiger partial charge in [-0.3, -0.25) is 8.75 Å². The molecule has 6 nitrogen and oxygen atoms in total. The second-order valence-corrected chi connectivity index (χ2v) is 6.20. The zero-order valence-corrected chi connectivity index (χ0v) is 11.8. The fourth-order valence-corrected chi connectivity index (χ4v) is 2.38. The van der Waals surface area contributed by atoms with Crippen molar-refractivity contribution in [3.63, 3.8) is 0 Å². The van der Waals surface area contributed by atoms with Gasteiger partial charge < -0.3 is 4.98 Å². The number of aromatic nitrogens is 2. The minimum atomic E-state index is -3.44. The molecule has 8 heteroatoms. The van der Waals surface area contributed by atoms with E-state index in [-0.39, 0.29) is 12.3 Å². The van der Waals surface area contributed by atoms with E-state index in [2.05, 4.69) is 9.17 Å². The van der Waals surface area contributed by atoms with Gasteiger partial charge in [0.25, 0.3) is 10.1 Å². The van der Waals surface area contributed by atoms with Gasteiger partial charge in [0.05, 0.1) is 23.9 Å². The lowest BCUT2D eigenvalue weighted by molar-refractivity contribution is 0.307. The lowest BCUT2D eigenvalue weighted by atomic mass is 10.3. The Morgan fingerprint density at radius 1 is 1.42 bits per heavy atom. The predicted octanol–water partition coefficient (Wildman–Crippen LogP) is 1.35. The smallest absolute Gasteiger partial charge is 0.305 e. The number of nitrogens with zero attached hydrogens (tertiary/aromatic N) is 1. The van der Waals surface area contributed by atoms with Gasteiger partial charge in [-0.15, -0.1) is 0 Å².